The SMILES string of the molecule is CC(=CC1CCc2c(cccc2OCC(=O)O)C1)NOC(c1ccc(F)cc1)c1ccc(F)cc1. The molecule has 0 bridgehead atoms. The van der Waals surface area contributed by atoms with Gasteiger partial charge < -0.3 is 9.84 Å². The number of halogens is 2. The molecule has 1 aliphatic carbocycles. The van der Waals surface area contributed by atoms with Crippen LogP contribution in [0.2, 0.25) is 0 Å². The van der Waals surface area contributed by atoms with E-state index in [2.05, 4.69) is 11.6 Å². The molecule has 0 amide bonds. The van der Waals surface area contributed by atoms with Gasteiger partial charge >= 0.3 is 5.97 Å². The summed E-state index contributed by atoms with van der Waals surface area (Å²) in [7, 11) is 0. The highest BCUT2D eigenvalue weighted by molar-refractivity contribution is 5.68. The van der Waals surface area contributed by atoms with E-state index in [0.717, 1.165) is 47.2 Å². The number of fused-ring (bicyclic) bond motifs is 1. The van der Waals surface area contributed by atoms with Crippen LogP contribution >= 0.6 is 0 Å². The van der Waals surface area contributed by atoms with Crippen molar-refractivity contribution in [2.75, 3.05) is 6.61 Å². The zero-order valence-electron chi connectivity index (χ0n) is 19.3. The molecule has 7 heteroatoms. The second-order valence-electron chi connectivity index (χ2n) is 8.63. The van der Waals surface area contributed by atoms with Gasteiger partial charge in [0.2, 0.25) is 0 Å². The Morgan fingerprint density at radius 2 is 1.69 bits per heavy atom. The third kappa shape index (κ3) is 6.45. The van der Waals surface area contributed by atoms with Crippen molar-refractivity contribution in [1.29, 1.82) is 0 Å². The Morgan fingerprint density at radius 3 is 2.29 bits per heavy atom. The van der Waals surface area contributed by atoms with E-state index >= 15 is 0 Å². The Labute approximate surface area is 203 Å². The minimum absolute atomic E-state index is 0.267. The lowest BCUT2D eigenvalue weighted by Crippen LogP contribution is -2.20. The molecule has 0 spiro atoms. The van der Waals surface area contributed by atoms with Crippen LogP contribution in [0.3, 0.4) is 0 Å². The van der Waals surface area contributed by atoms with E-state index in [9.17, 15) is 13.6 Å². The normalized spacial score (nSPS) is 15.5. The molecule has 2 N–H and O–H groups in total. The third-order valence-corrected chi connectivity index (χ3v) is 6.00. The molecule has 5 nitrogen and oxygen atoms in total. The van der Waals surface area contributed by atoms with Crippen molar-refractivity contribution in [1.82, 2.24) is 5.48 Å². The molecule has 0 saturated carbocycles. The van der Waals surface area contributed by atoms with Gasteiger partial charge in [0, 0.05) is 5.70 Å². The summed E-state index contributed by atoms with van der Waals surface area (Å²) in [5, 5.41) is 8.89. The van der Waals surface area contributed by atoms with Crippen molar-refractivity contribution in [3.05, 3.63) is 112 Å². The van der Waals surface area contributed by atoms with Crippen LogP contribution < -0.4 is 10.2 Å². The fraction of sp³-hybridized carbons (Fsp3) is 0.250. The summed E-state index contributed by atoms with van der Waals surface area (Å²) in [4.78, 5) is 16.9. The monoisotopic (exact) mass is 479 g/mol. The number of allylic oxidation sites excluding steroid dienone is 2. The van der Waals surface area contributed by atoms with Gasteiger partial charge in [0.1, 0.15) is 23.5 Å². The molecule has 0 saturated heterocycles. The largest absolute Gasteiger partial charge is 0.482 e. The van der Waals surface area contributed by atoms with Gasteiger partial charge in [-0.2, -0.15) is 0 Å². The van der Waals surface area contributed by atoms with E-state index in [1.54, 1.807) is 24.3 Å². The molecule has 3 aromatic carbocycles. The van der Waals surface area contributed by atoms with E-state index in [-0.39, 0.29) is 24.2 Å². The van der Waals surface area contributed by atoms with Crippen molar-refractivity contribution in [2.45, 2.75) is 32.3 Å². The maximum Gasteiger partial charge on any atom is 0.341 e. The molecular formula is C28H27F2NO4. The highest BCUT2D eigenvalue weighted by Crippen LogP contribution is 2.33. The zero-order chi connectivity index (χ0) is 24.8. The van der Waals surface area contributed by atoms with Crippen molar-refractivity contribution in [2.24, 2.45) is 5.92 Å². The van der Waals surface area contributed by atoms with Crippen LogP contribution in [0.15, 0.2) is 78.5 Å². The molecule has 4 rings (SSSR count). The lowest BCUT2D eigenvalue weighted by molar-refractivity contribution is -0.139. The fourth-order valence-electron chi connectivity index (χ4n) is 4.36. The number of nitrogens with one attached hydrogen (secondary N) is 1. The second kappa shape index (κ2) is 11.1. The smallest absolute Gasteiger partial charge is 0.341 e. The number of hydrogen-bond acceptors (Lipinski definition) is 4. The summed E-state index contributed by atoms with van der Waals surface area (Å²) in [6.07, 6.45) is 4.03. The van der Waals surface area contributed by atoms with Crippen molar-refractivity contribution in [3.8, 4) is 5.75 Å². The summed E-state index contributed by atoms with van der Waals surface area (Å²) in [6, 6.07) is 17.8. The quantitative estimate of drug-likeness (QED) is 0.383. The molecule has 1 unspecified atom stereocenters. The molecule has 35 heavy (non-hydrogen) atoms. The Balaban J connectivity index is 1.44. The number of carboxylic acid groups (broad SMARTS) is 1. The van der Waals surface area contributed by atoms with E-state index in [1.165, 1.54) is 24.3 Å². The van der Waals surface area contributed by atoms with Crippen LogP contribution in [0.1, 0.15) is 41.7 Å². The second-order valence-corrected chi connectivity index (χ2v) is 8.63. The summed E-state index contributed by atoms with van der Waals surface area (Å²) >= 11 is 0. The standard InChI is InChI=1S/C28H27F2NO4/c1-18(15-19-5-14-25-22(16-19)3-2-4-26(25)34-17-27(32)33)31-35-28(20-6-10-23(29)11-7-20)21-8-12-24(30)13-9-21/h2-4,6-13,15,19,28,31H,5,14,16-17H2,1H3,(H,32,33). The number of hydroxylamine groups is 1. The average Bonchev–Trinajstić information content (AvgIpc) is 2.84. The number of rotatable bonds is 9. The van der Waals surface area contributed by atoms with Crippen LogP contribution in [0.5, 0.6) is 5.75 Å². The van der Waals surface area contributed by atoms with E-state index in [1.807, 2.05) is 25.1 Å². The number of hydrogen-bond donors (Lipinski definition) is 2. The van der Waals surface area contributed by atoms with E-state index < -0.39 is 12.1 Å². The van der Waals surface area contributed by atoms with Crippen LogP contribution in [-0.4, -0.2) is 17.7 Å². The molecule has 1 aliphatic rings. The lowest BCUT2D eigenvalue weighted by atomic mass is 9.83. The van der Waals surface area contributed by atoms with Crippen LogP contribution in [0, 0.1) is 17.6 Å². The number of ether oxygens (including phenoxy) is 1. The minimum Gasteiger partial charge on any atom is -0.482 e. The summed E-state index contributed by atoms with van der Waals surface area (Å²) in [6.45, 7) is 1.55. The molecular weight excluding hydrogens is 452 g/mol. The molecule has 0 aromatic heterocycles. The van der Waals surface area contributed by atoms with Crippen molar-refractivity contribution >= 4 is 5.97 Å². The molecule has 1 atom stereocenters. The topological polar surface area (TPSA) is 67.8 Å². The van der Waals surface area contributed by atoms with Crippen molar-refractivity contribution in [3.63, 3.8) is 0 Å². The number of carboxylic acids is 1. The van der Waals surface area contributed by atoms with Crippen LogP contribution in [0.4, 0.5) is 8.78 Å². The van der Waals surface area contributed by atoms with Gasteiger partial charge in [-0.05, 0) is 84.7 Å². The molecule has 182 valence electrons. The van der Waals surface area contributed by atoms with E-state index in [0.29, 0.717) is 5.75 Å². The van der Waals surface area contributed by atoms with E-state index in [4.69, 9.17) is 14.7 Å². The van der Waals surface area contributed by atoms with Crippen LogP contribution in [-0.2, 0) is 22.5 Å². The van der Waals surface area contributed by atoms with Gasteiger partial charge in [-0.3, -0.25) is 10.3 Å². The van der Waals surface area contributed by atoms with Crippen LogP contribution in [0.25, 0.3) is 0 Å². The van der Waals surface area contributed by atoms with Gasteiger partial charge in [0.05, 0.1) is 0 Å². The molecule has 0 fully saturated rings. The Hall–Kier alpha value is -3.71. The number of benzene rings is 3. The number of carbonyl (C=O) groups is 1. The molecule has 3 aromatic rings. The predicted octanol–water partition coefficient (Wildman–Crippen LogP) is 5.75. The molecule has 0 radical (unpaired) electrons. The van der Waals surface area contributed by atoms with Gasteiger partial charge in [0.25, 0.3) is 0 Å². The first-order valence-corrected chi connectivity index (χ1v) is 11.5. The third-order valence-electron chi connectivity index (χ3n) is 6.00. The van der Waals surface area contributed by atoms with Gasteiger partial charge in [0.15, 0.2) is 6.61 Å². The summed E-state index contributed by atoms with van der Waals surface area (Å²) < 4.78 is 32.3. The van der Waals surface area contributed by atoms with Crippen molar-refractivity contribution < 1.29 is 28.3 Å². The fourth-order valence-corrected chi connectivity index (χ4v) is 4.36. The van der Waals surface area contributed by atoms with Gasteiger partial charge in [-0.1, -0.05) is 42.5 Å². The highest BCUT2D eigenvalue weighted by atomic mass is 19.1. The molecule has 0 aliphatic heterocycles. The predicted molar refractivity (Wildman–Crippen MR) is 128 cm³/mol. The first kappa shape index (κ1) is 24.4. The minimum atomic E-state index is -1.000. The average molecular weight is 480 g/mol. The molecule has 0 heterocycles. The maximum absolute atomic E-state index is 13.4. The first-order chi connectivity index (χ1) is 16.9. The lowest BCUT2D eigenvalue weighted by Gasteiger charge is -2.25. The summed E-state index contributed by atoms with van der Waals surface area (Å²) in [5.74, 6) is -0.787. The summed E-state index contributed by atoms with van der Waals surface area (Å²) in [5.41, 5.74) is 7.51. The van der Waals surface area contributed by atoms with Gasteiger partial charge in [-0.25, -0.2) is 13.6 Å². The Morgan fingerprint density at radius 1 is 1.06 bits per heavy atom. The van der Waals surface area contributed by atoms with Gasteiger partial charge in [-0.15, -0.1) is 0 Å². The highest BCUT2D eigenvalue weighted by Gasteiger charge is 2.21. The Bertz CT molecular complexity index is 1150. The first-order valence-electron chi connectivity index (χ1n) is 11.5. The zero-order valence-corrected chi connectivity index (χ0v) is 19.3. The number of aliphatic carboxylic acids is 1. The maximum atomic E-state index is 13.4. The Kier molecular flexibility index (Phi) is 7.77.